The Morgan fingerprint density at radius 2 is 1.67 bits per heavy atom. The summed E-state index contributed by atoms with van der Waals surface area (Å²) in [5, 5.41) is 0. The lowest BCUT2D eigenvalue weighted by Gasteiger charge is -2.08. The highest BCUT2D eigenvalue weighted by molar-refractivity contribution is 5.95. The second-order valence-electron chi connectivity index (χ2n) is 4.60. The predicted octanol–water partition coefficient (Wildman–Crippen LogP) is 3.47. The van der Waals surface area contributed by atoms with Gasteiger partial charge >= 0.3 is 5.97 Å². The van der Waals surface area contributed by atoms with Crippen LogP contribution < -0.4 is 5.73 Å². The lowest BCUT2D eigenvalue weighted by molar-refractivity contribution is 0.0473. The molecule has 0 bridgehead atoms. The van der Waals surface area contributed by atoms with Gasteiger partial charge in [0.05, 0.1) is 5.56 Å². The van der Waals surface area contributed by atoms with Crippen molar-refractivity contribution in [1.82, 2.24) is 0 Å². The molecule has 0 saturated carbocycles. The SMILES string of the molecule is CCc1ccc(COC(=O)c2cc(F)c(F)cc2N)cc1. The number of esters is 1. The molecule has 2 rings (SSSR count). The quantitative estimate of drug-likeness (QED) is 0.693. The molecule has 21 heavy (non-hydrogen) atoms. The zero-order valence-electron chi connectivity index (χ0n) is 11.5. The average Bonchev–Trinajstić information content (AvgIpc) is 2.49. The summed E-state index contributed by atoms with van der Waals surface area (Å²) in [5.41, 5.74) is 7.14. The molecule has 0 fully saturated rings. The van der Waals surface area contributed by atoms with Crippen molar-refractivity contribution in [3.05, 3.63) is 64.7 Å². The summed E-state index contributed by atoms with van der Waals surface area (Å²) in [4.78, 5) is 11.8. The Bertz CT molecular complexity index is 654. The van der Waals surface area contributed by atoms with Crippen LogP contribution in [0.1, 0.15) is 28.4 Å². The van der Waals surface area contributed by atoms with E-state index in [-0.39, 0.29) is 17.9 Å². The third kappa shape index (κ3) is 3.56. The number of carbonyl (C=O) groups is 1. The Hall–Kier alpha value is -2.43. The summed E-state index contributed by atoms with van der Waals surface area (Å²) >= 11 is 0. The molecule has 0 amide bonds. The van der Waals surface area contributed by atoms with Crippen LogP contribution in [0.5, 0.6) is 0 Å². The molecule has 2 N–H and O–H groups in total. The molecule has 0 radical (unpaired) electrons. The molecule has 0 aliphatic carbocycles. The summed E-state index contributed by atoms with van der Waals surface area (Å²) < 4.78 is 31.1. The molecule has 5 heteroatoms. The number of halogens is 2. The molecule has 0 spiro atoms. The third-order valence-corrected chi connectivity index (χ3v) is 3.11. The number of anilines is 1. The van der Waals surface area contributed by atoms with E-state index in [0.29, 0.717) is 0 Å². The minimum atomic E-state index is -1.14. The van der Waals surface area contributed by atoms with E-state index in [9.17, 15) is 13.6 Å². The Balaban J connectivity index is 2.06. The van der Waals surface area contributed by atoms with Crippen LogP contribution in [-0.4, -0.2) is 5.97 Å². The van der Waals surface area contributed by atoms with Crippen LogP contribution in [0, 0.1) is 11.6 Å². The van der Waals surface area contributed by atoms with Gasteiger partial charge in [0.15, 0.2) is 11.6 Å². The maximum Gasteiger partial charge on any atom is 0.340 e. The summed E-state index contributed by atoms with van der Waals surface area (Å²) in [7, 11) is 0. The lowest BCUT2D eigenvalue weighted by atomic mass is 10.1. The van der Waals surface area contributed by atoms with Gasteiger partial charge in [-0.15, -0.1) is 0 Å². The van der Waals surface area contributed by atoms with Crippen LogP contribution in [-0.2, 0) is 17.8 Å². The number of hydrogen-bond donors (Lipinski definition) is 1. The van der Waals surface area contributed by atoms with E-state index in [1.165, 1.54) is 5.56 Å². The zero-order valence-corrected chi connectivity index (χ0v) is 11.5. The molecule has 0 saturated heterocycles. The number of aryl methyl sites for hydroxylation is 1. The highest BCUT2D eigenvalue weighted by Crippen LogP contribution is 2.18. The standard InChI is InChI=1S/C16H15F2NO2/c1-2-10-3-5-11(6-4-10)9-21-16(20)12-7-13(17)14(18)8-15(12)19/h3-8H,2,9,19H2,1H3. The molecule has 2 aromatic carbocycles. The minimum Gasteiger partial charge on any atom is -0.457 e. The fourth-order valence-electron chi connectivity index (χ4n) is 1.84. The first-order valence-corrected chi connectivity index (χ1v) is 6.50. The van der Waals surface area contributed by atoms with Gasteiger partial charge in [0.2, 0.25) is 0 Å². The lowest BCUT2D eigenvalue weighted by Crippen LogP contribution is -2.09. The molecule has 2 aromatic rings. The largest absolute Gasteiger partial charge is 0.457 e. The van der Waals surface area contributed by atoms with Gasteiger partial charge in [-0.1, -0.05) is 31.2 Å². The van der Waals surface area contributed by atoms with Gasteiger partial charge in [0.25, 0.3) is 0 Å². The summed E-state index contributed by atoms with van der Waals surface area (Å²) in [6.07, 6.45) is 0.922. The van der Waals surface area contributed by atoms with Gasteiger partial charge in [0.1, 0.15) is 6.61 Å². The van der Waals surface area contributed by atoms with E-state index in [1.54, 1.807) is 0 Å². The van der Waals surface area contributed by atoms with Gasteiger partial charge in [-0.2, -0.15) is 0 Å². The first kappa shape index (κ1) is 15.0. The van der Waals surface area contributed by atoms with Crippen LogP contribution in [0.4, 0.5) is 14.5 Å². The first-order chi connectivity index (χ1) is 10.0. The molecule has 0 aromatic heterocycles. The molecule has 0 aliphatic rings. The van der Waals surface area contributed by atoms with E-state index in [4.69, 9.17) is 10.5 Å². The van der Waals surface area contributed by atoms with E-state index in [2.05, 4.69) is 0 Å². The number of benzene rings is 2. The number of nitrogen functional groups attached to an aromatic ring is 1. The van der Waals surface area contributed by atoms with Crippen molar-refractivity contribution in [2.24, 2.45) is 0 Å². The van der Waals surface area contributed by atoms with E-state index < -0.39 is 17.6 Å². The number of ether oxygens (including phenoxy) is 1. The highest BCUT2D eigenvalue weighted by Gasteiger charge is 2.15. The van der Waals surface area contributed by atoms with Crippen molar-refractivity contribution < 1.29 is 18.3 Å². The highest BCUT2D eigenvalue weighted by atomic mass is 19.2. The fraction of sp³-hybridized carbons (Fsp3) is 0.188. The molecule has 110 valence electrons. The van der Waals surface area contributed by atoms with Gasteiger partial charge < -0.3 is 10.5 Å². The predicted molar refractivity (Wildman–Crippen MR) is 75.7 cm³/mol. The van der Waals surface area contributed by atoms with Gasteiger partial charge in [-0.05, 0) is 23.6 Å². The van der Waals surface area contributed by atoms with Crippen LogP contribution in [0.2, 0.25) is 0 Å². The van der Waals surface area contributed by atoms with Crippen LogP contribution in [0.25, 0.3) is 0 Å². The number of rotatable bonds is 4. The average molecular weight is 291 g/mol. The third-order valence-electron chi connectivity index (χ3n) is 3.11. The zero-order chi connectivity index (χ0) is 15.4. The summed E-state index contributed by atoms with van der Waals surface area (Å²) in [5.74, 6) is -3.02. The topological polar surface area (TPSA) is 52.3 Å². The van der Waals surface area contributed by atoms with Crippen LogP contribution in [0.15, 0.2) is 36.4 Å². The Morgan fingerprint density at radius 3 is 2.29 bits per heavy atom. The molecule has 0 aliphatic heterocycles. The summed E-state index contributed by atoms with van der Waals surface area (Å²) in [6.45, 7) is 2.09. The van der Waals surface area contributed by atoms with Gasteiger partial charge in [-0.3, -0.25) is 0 Å². The molecule has 0 unspecified atom stereocenters. The Kier molecular flexibility index (Phi) is 4.52. The molecular formula is C16H15F2NO2. The maximum atomic E-state index is 13.1. The molecular weight excluding hydrogens is 276 g/mol. The molecule has 3 nitrogen and oxygen atoms in total. The first-order valence-electron chi connectivity index (χ1n) is 6.50. The summed E-state index contributed by atoms with van der Waals surface area (Å²) in [6, 6.07) is 9.08. The van der Waals surface area contributed by atoms with Crippen molar-refractivity contribution in [2.75, 3.05) is 5.73 Å². The van der Waals surface area contributed by atoms with Crippen molar-refractivity contribution in [3.8, 4) is 0 Å². The number of hydrogen-bond acceptors (Lipinski definition) is 3. The monoisotopic (exact) mass is 291 g/mol. The van der Waals surface area contributed by atoms with Crippen LogP contribution in [0.3, 0.4) is 0 Å². The Labute approximate surface area is 121 Å². The second-order valence-corrected chi connectivity index (χ2v) is 4.60. The normalized spacial score (nSPS) is 10.4. The van der Waals surface area contributed by atoms with Crippen molar-refractivity contribution in [3.63, 3.8) is 0 Å². The molecule has 0 heterocycles. The van der Waals surface area contributed by atoms with E-state index >= 15 is 0 Å². The number of carbonyl (C=O) groups excluding carboxylic acids is 1. The van der Waals surface area contributed by atoms with Crippen LogP contribution >= 0.6 is 0 Å². The van der Waals surface area contributed by atoms with Crippen molar-refractivity contribution in [1.29, 1.82) is 0 Å². The van der Waals surface area contributed by atoms with Gasteiger partial charge in [-0.25, -0.2) is 13.6 Å². The fourth-order valence-corrected chi connectivity index (χ4v) is 1.84. The van der Waals surface area contributed by atoms with E-state index in [0.717, 1.165) is 24.1 Å². The number of nitrogens with two attached hydrogens (primary N) is 1. The molecule has 0 atom stereocenters. The smallest absolute Gasteiger partial charge is 0.340 e. The van der Waals surface area contributed by atoms with Gasteiger partial charge in [0, 0.05) is 11.8 Å². The van der Waals surface area contributed by atoms with E-state index in [1.807, 2.05) is 31.2 Å². The van der Waals surface area contributed by atoms with Crippen molar-refractivity contribution in [2.45, 2.75) is 20.0 Å². The maximum absolute atomic E-state index is 13.1. The Morgan fingerprint density at radius 1 is 1.10 bits per heavy atom. The second kappa shape index (κ2) is 6.35. The van der Waals surface area contributed by atoms with Crippen molar-refractivity contribution >= 4 is 11.7 Å². The minimum absolute atomic E-state index is 0.0429.